The van der Waals surface area contributed by atoms with Gasteiger partial charge in [-0.3, -0.25) is 33.7 Å². The van der Waals surface area contributed by atoms with E-state index in [1.807, 2.05) is 27.7 Å². The Hall–Kier alpha value is -2.75. The average Bonchev–Trinajstić information content (AvgIpc) is 3.51. The lowest BCUT2D eigenvalue weighted by molar-refractivity contribution is -0.138. The fourth-order valence-electron chi connectivity index (χ4n) is 4.93. The van der Waals surface area contributed by atoms with Crippen molar-refractivity contribution in [3.63, 3.8) is 0 Å². The molecule has 0 aromatic carbocycles. The van der Waals surface area contributed by atoms with Gasteiger partial charge in [0.2, 0.25) is 29.5 Å². The van der Waals surface area contributed by atoms with Crippen LogP contribution in [0.2, 0.25) is 0 Å². The first-order valence-electron chi connectivity index (χ1n) is 22.3. The first-order valence-corrected chi connectivity index (χ1v) is 23.2. The van der Waals surface area contributed by atoms with Crippen molar-refractivity contribution in [2.24, 2.45) is 5.92 Å². The molecule has 3 N–H and O–H groups in total. The van der Waals surface area contributed by atoms with Gasteiger partial charge in [-0.25, -0.2) is 0 Å². The minimum absolute atomic E-state index is 0. The van der Waals surface area contributed by atoms with Crippen molar-refractivity contribution < 1.29 is 70.9 Å². The van der Waals surface area contributed by atoms with E-state index in [0.29, 0.717) is 111 Å². The summed E-state index contributed by atoms with van der Waals surface area (Å²) >= 11 is 1.52. The molecule has 1 aliphatic heterocycles. The fraction of sp³-hybridized carbons (Fsp3) is 0.860. The Morgan fingerprint density at radius 2 is 1.08 bits per heavy atom. The van der Waals surface area contributed by atoms with Crippen molar-refractivity contribution in [3.05, 3.63) is 0 Å². The number of ketones is 1. The number of nitrogens with one attached hydrogen (secondary N) is 3. The molecule has 1 rings (SSSR count). The molecule has 0 aliphatic carbocycles. The molecule has 1 saturated heterocycles. The van der Waals surface area contributed by atoms with E-state index in [9.17, 15) is 28.8 Å². The zero-order chi connectivity index (χ0) is 46.4. The van der Waals surface area contributed by atoms with Gasteiger partial charge in [-0.15, -0.1) is 11.8 Å². The van der Waals surface area contributed by atoms with Gasteiger partial charge in [0, 0.05) is 41.9 Å². The molecule has 62 heavy (non-hydrogen) atoms. The normalized spacial score (nSPS) is 15.2. The van der Waals surface area contributed by atoms with Crippen LogP contribution in [0.15, 0.2) is 0 Å². The second-order valence-corrected chi connectivity index (χ2v) is 16.5. The summed E-state index contributed by atoms with van der Waals surface area (Å²) in [6, 6.07) is -1.35. The van der Waals surface area contributed by atoms with Gasteiger partial charge in [-0.05, 0) is 26.2 Å². The van der Waals surface area contributed by atoms with Crippen LogP contribution in [-0.2, 0) is 66.7 Å². The van der Waals surface area contributed by atoms with E-state index in [2.05, 4.69) is 29.8 Å². The van der Waals surface area contributed by atoms with Gasteiger partial charge in [-0.1, -0.05) is 54.4 Å². The Labute approximate surface area is 379 Å². The molecule has 1 fully saturated rings. The van der Waals surface area contributed by atoms with Crippen LogP contribution in [0.5, 0.6) is 0 Å². The molecule has 368 valence electrons. The fourth-order valence-corrected chi connectivity index (χ4v) is 6.16. The highest BCUT2D eigenvalue weighted by atomic mass is 32.2. The van der Waals surface area contributed by atoms with Gasteiger partial charge >= 0.3 is 0 Å². The predicted molar refractivity (Wildman–Crippen MR) is 243 cm³/mol. The quantitative estimate of drug-likeness (QED) is 0.0595. The van der Waals surface area contributed by atoms with E-state index in [4.69, 9.17) is 37.9 Å². The lowest BCUT2D eigenvalue weighted by atomic mass is 10.0. The molecule has 5 amide bonds. The smallest absolute Gasteiger partial charge is 0.243 e. The zero-order valence-corrected chi connectivity index (χ0v) is 39.7. The van der Waals surface area contributed by atoms with E-state index in [1.54, 1.807) is 6.92 Å². The molecule has 1 aliphatic rings. The van der Waals surface area contributed by atoms with Crippen LogP contribution in [0, 0.1) is 5.92 Å². The lowest BCUT2D eigenvalue weighted by Gasteiger charge is -2.23. The summed E-state index contributed by atoms with van der Waals surface area (Å²) in [6.45, 7) is 21.7. The maximum Gasteiger partial charge on any atom is 0.243 e. The topological polar surface area (TPSA) is 216 Å². The number of amides is 5. The zero-order valence-electron chi connectivity index (χ0n) is 38.9. The van der Waals surface area contributed by atoms with Crippen molar-refractivity contribution in [1.29, 1.82) is 0 Å². The number of likely N-dealkylation sites (tertiary alicyclic amines) is 1. The molecule has 0 radical (unpaired) electrons. The first-order chi connectivity index (χ1) is 29.8. The van der Waals surface area contributed by atoms with Crippen LogP contribution >= 0.6 is 11.8 Å². The number of ether oxygens (including phenoxy) is 8. The number of hydrogen-bond donors (Lipinski definition) is 3. The third-order valence-corrected chi connectivity index (χ3v) is 10.6. The molecule has 0 bridgehead atoms. The number of thioether (sulfide) groups is 1. The highest BCUT2D eigenvalue weighted by molar-refractivity contribution is 8.01. The van der Waals surface area contributed by atoms with Crippen LogP contribution in [0.1, 0.15) is 98.2 Å². The number of hydrogen-bond acceptors (Lipinski definition) is 15. The monoisotopic (exact) mass is 915 g/mol. The maximum absolute atomic E-state index is 12.5. The predicted octanol–water partition coefficient (Wildman–Crippen LogP) is 3.45. The number of rotatable bonds is 39. The molecule has 4 atom stereocenters. The van der Waals surface area contributed by atoms with Gasteiger partial charge in [-0.2, -0.15) is 0 Å². The summed E-state index contributed by atoms with van der Waals surface area (Å²) in [7, 11) is 0. The number of carbonyl (C=O) groups is 6. The molecule has 0 saturated carbocycles. The van der Waals surface area contributed by atoms with E-state index in [1.165, 1.54) is 36.4 Å². The molecule has 2 unspecified atom stereocenters. The molecular weight excluding hydrogens is 829 g/mol. The summed E-state index contributed by atoms with van der Waals surface area (Å²) < 4.78 is 43.7. The summed E-state index contributed by atoms with van der Waals surface area (Å²) in [6.07, 6.45) is 3.93. The summed E-state index contributed by atoms with van der Waals surface area (Å²) in [5, 5.41) is 8.02. The van der Waals surface area contributed by atoms with Crippen LogP contribution in [-0.4, -0.2) is 182 Å². The van der Waals surface area contributed by atoms with Gasteiger partial charge in [0.1, 0.15) is 6.04 Å². The summed E-state index contributed by atoms with van der Waals surface area (Å²) in [5.74, 6) is -1.65. The van der Waals surface area contributed by atoms with E-state index >= 15 is 0 Å². The highest BCUT2D eigenvalue weighted by Crippen LogP contribution is 2.29. The molecule has 0 aromatic heterocycles. The highest BCUT2D eigenvalue weighted by Gasteiger charge is 2.39. The van der Waals surface area contributed by atoms with Gasteiger partial charge in [0.25, 0.3) is 0 Å². The minimum Gasteiger partial charge on any atom is -0.379 e. The number of nitrogens with zero attached hydrogens (tertiary/aromatic N) is 1. The lowest BCUT2D eigenvalue weighted by Crippen LogP contribution is -2.52. The van der Waals surface area contributed by atoms with Gasteiger partial charge < -0.3 is 53.8 Å². The second-order valence-electron chi connectivity index (χ2n) is 14.8. The number of imide groups is 1. The van der Waals surface area contributed by atoms with Crippen molar-refractivity contribution in [2.75, 3.05) is 119 Å². The molecule has 0 spiro atoms. The van der Waals surface area contributed by atoms with Crippen LogP contribution in [0.3, 0.4) is 0 Å². The number of Topliss-reactive ketones (excluding diaryl/α,β-unsaturated/α-hetero) is 1. The Kier molecular flexibility index (Phi) is 38.0. The molecule has 19 heteroatoms. The van der Waals surface area contributed by atoms with Crippen molar-refractivity contribution in [2.45, 2.75) is 116 Å². The average molecular weight is 915 g/mol. The van der Waals surface area contributed by atoms with E-state index < -0.39 is 18.0 Å². The largest absolute Gasteiger partial charge is 0.379 e. The number of carbonyl (C=O) groups excluding carboxylic acids is 6. The van der Waals surface area contributed by atoms with Crippen molar-refractivity contribution >= 4 is 47.1 Å². The van der Waals surface area contributed by atoms with Crippen molar-refractivity contribution in [3.8, 4) is 0 Å². The Bertz CT molecular complexity index is 1230. The minimum atomic E-state index is -0.737. The Balaban J connectivity index is -0.00000254. The molecular formula is C43H86N4O14S. The van der Waals surface area contributed by atoms with Crippen LogP contribution in [0.4, 0.5) is 0 Å². The Morgan fingerprint density at radius 3 is 1.48 bits per heavy atom. The van der Waals surface area contributed by atoms with E-state index in [-0.39, 0.29) is 77.3 Å². The first kappa shape index (κ1) is 59.2. The van der Waals surface area contributed by atoms with Crippen molar-refractivity contribution in [1.82, 2.24) is 20.9 Å². The second kappa shape index (κ2) is 39.8. The maximum atomic E-state index is 12.5. The third-order valence-electron chi connectivity index (χ3n) is 9.12. The van der Waals surface area contributed by atoms with E-state index in [0.717, 1.165) is 6.42 Å². The van der Waals surface area contributed by atoms with Gasteiger partial charge in [0.05, 0.1) is 117 Å². The standard InChI is InChI=1S/C39H70N4O14S.C4H10.3H2/c1-7-30(4)58-33-28-36(47)43(39(33)49)11-8-34(45)40-10-13-51-15-17-53-19-21-55-23-25-57-27-26-56-24-22-54-20-18-52-16-14-50-12-9-35(46)42-37(29(2)3)38(48)41-31(5)32(6)44;1-3-4-2;;;/h29-31,33,37H,7-28H2,1-6H3,(H,40,45)(H,41,48)(H,42,46);3-4H2,1-2H3;3*1H/t30?,31-,33?,37-;;;;/m1..../s1. The summed E-state index contributed by atoms with van der Waals surface area (Å²) in [4.78, 5) is 74.1. The summed E-state index contributed by atoms with van der Waals surface area (Å²) in [5.41, 5.74) is 0. The van der Waals surface area contributed by atoms with Crippen LogP contribution in [0.25, 0.3) is 0 Å². The molecule has 18 nitrogen and oxygen atoms in total. The van der Waals surface area contributed by atoms with Gasteiger partial charge in [0.15, 0.2) is 5.78 Å². The number of unbranched alkanes of at least 4 members (excludes halogenated alkanes) is 1. The SMILES string of the molecule is CCC(C)SC1CC(=O)N(CCC(=O)NCCOCCOCCOCCOCCOCCOCCOCCOCCC(=O)N[C@@H](C(=O)N[C@H](C)C(C)=O)C(C)C)C1=O.CCCC.[HH].[HH].[HH]. The third kappa shape index (κ3) is 32.0. The molecule has 1 heterocycles. The van der Waals surface area contributed by atoms with Crippen LogP contribution < -0.4 is 16.0 Å². The Morgan fingerprint density at radius 1 is 0.645 bits per heavy atom. The molecule has 0 aromatic rings.